The van der Waals surface area contributed by atoms with E-state index in [1.165, 1.54) is 18.6 Å². The Balaban J connectivity index is 1.61. The first-order valence-electron chi connectivity index (χ1n) is 9.87. The van der Waals surface area contributed by atoms with Gasteiger partial charge in [-0.15, -0.1) is 0 Å². The molecule has 1 aliphatic carbocycles. The van der Waals surface area contributed by atoms with Crippen molar-refractivity contribution in [3.8, 4) is 0 Å². The number of ether oxygens (including phenoxy) is 1. The van der Waals surface area contributed by atoms with Crippen LogP contribution in [0.5, 0.6) is 0 Å². The molecule has 0 N–H and O–H groups in total. The molecule has 0 amide bonds. The zero-order valence-electron chi connectivity index (χ0n) is 15.8. The van der Waals surface area contributed by atoms with Crippen LogP contribution in [0.4, 0.5) is 0 Å². The Kier molecular flexibility index (Phi) is 5.32. The second kappa shape index (κ2) is 7.69. The average Bonchev–Trinajstić information content (AvgIpc) is 2.76. The zero-order valence-corrected chi connectivity index (χ0v) is 16.6. The summed E-state index contributed by atoms with van der Waals surface area (Å²) < 4.78 is 8.65. The summed E-state index contributed by atoms with van der Waals surface area (Å²) in [5.41, 5.74) is 2.93. The van der Waals surface area contributed by atoms with Gasteiger partial charge in [0, 0.05) is 12.3 Å². The van der Waals surface area contributed by atoms with E-state index >= 15 is 0 Å². The van der Waals surface area contributed by atoms with Crippen LogP contribution in [0.15, 0.2) is 21.8 Å². The van der Waals surface area contributed by atoms with Crippen molar-refractivity contribution >= 4 is 36.0 Å². The van der Waals surface area contributed by atoms with Crippen LogP contribution in [0, 0.1) is 17.8 Å². The van der Waals surface area contributed by atoms with Gasteiger partial charge in [-0.2, -0.15) is 4.58 Å². The third kappa shape index (κ3) is 3.67. The minimum absolute atomic E-state index is 0.0139. The highest BCUT2D eigenvalue weighted by Gasteiger charge is 2.41. The van der Waals surface area contributed by atoms with E-state index in [4.69, 9.17) is 26.9 Å². The van der Waals surface area contributed by atoms with Crippen LogP contribution < -0.4 is 0 Å². The minimum atomic E-state index is -0.0521. The van der Waals surface area contributed by atoms with Crippen LogP contribution in [0.3, 0.4) is 0 Å². The molecular weight excluding hydrogens is 344 g/mol. The Hall–Kier alpha value is -1.40. The van der Waals surface area contributed by atoms with Gasteiger partial charge in [0.25, 0.3) is 0 Å². The first kappa shape index (κ1) is 18.0. The first-order valence-corrected chi connectivity index (χ1v) is 10.3. The van der Waals surface area contributed by atoms with Crippen LogP contribution in [0.2, 0.25) is 0 Å². The van der Waals surface area contributed by atoms with Gasteiger partial charge in [0.1, 0.15) is 12.5 Å². The van der Waals surface area contributed by atoms with Gasteiger partial charge < -0.3 is 4.74 Å². The number of rotatable bonds is 2. The highest BCUT2D eigenvalue weighted by Crippen LogP contribution is 2.36. The van der Waals surface area contributed by atoms with Gasteiger partial charge in [0.05, 0.1) is 24.6 Å². The van der Waals surface area contributed by atoms with Gasteiger partial charge in [-0.25, -0.2) is 4.99 Å². The van der Waals surface area contributed by atoms with Gasteiger partial charge in [0.15, 0.2) is 18.9 Å². The average molecular weight is 374 g/mol. The van der Waals surface area contributed by atoms with Gasteiger partial charge in [0.2, 0.25) is 5.49 Å². The van der Waals surface area contributed by atoms with E-state index < -0.39 is 0 Å². The van der Waals surface area contributed by atoms with Crippen LogP contribution in [0.25, 0.3) is 0 Å². The summed E-state index contributed by atoms with van der Waals surface area (Å²) in [6.45, 7) is 7.43. The van der Waals surface area contributed by atoms with E-state index in [0.717, 1.165) is 44.2 Å². The fourth-order valence-electron chi connectivity index (χ4n) is 4.84. The smallest absolute Gasteiger partial charge is 0.234 e. The van der Waals surface area contributed by atoms with Crippen LogP contribution in [0.1, 0.15) is 39.5 Å². The molecule has 0 spiro atoms. The highest BCUT2D eigenvalue weighted by atomic mass is 32.1. The fourth-order valence-corrected chi connectivity index (χ4v) is 5.03. The highest BCUT2D eigenvalue weighted by molar-refractivity contribution is 7.78. The first-order chi connectivity index (χ1) is 12.6. The lowest BCUT2D eigenvalue weighted by molar-refractivity contribution is -0.399. The zero-order chi connectivity index (χ0) is 18.1. The lowest BCUT2D eigenvalue weighted by Crippen LogP contribution is -2.54. The van der Waals surface area contributed by atoms with Crippen molar-refractivity contribution in [2.24, 2.45) is 27.7 Å². The topological polar surface area (TPSA) is 40.2 Å². The molecule has 6 heteroatoms. The molecule has 26 heavy (non-hydrogen) atoms. The number of fused-ring (bicyclic) bond motifs is 4. The molecule has 3 aliphatic heterocycles. The maximum atomic E-state index is 6.57. The third-order valence-electron chi connectivity index (χ3n) is 6.06. The second-order valence-corrected chi connectivity index (χ2v) is 8.49. The lowest BCUT2D eigenvalue weighted by atomic mass is 9.83. The number of hydrogen-bond acceptors (Lipinski definition) is 5. The SMILES string of the molecule is CC1CC2=CCC(CC(C)C1)C1=NC=NC(N3CC=[N+](C=S)CC3)C1O2. The quantitative estimate of drug-likeness (QED) is 0.552. The van der Waals surface area contributed by atoms with Crippen molar-refractivity contribution in [1.82, 2.24) is 4.90 Å². The van der Waals surface area contributed by atoms with Gasteiger partial charge in [-0.3, -0.25) is 9.89 Å². The number of allylic oxidation sites excluding steroid dienone is 2. The summed E-state index contributed by atoms with van der Waals surface area (Å²) in [4.78, 5) is 11.9. The Morgan fingerprint density at radius 1 is 1.31 bits per heavy atom. The largest absolute Gasteiger partial charge is 0.485 e. The second-order valence-electron chi connectivity index (χ2n) is 8.28. The molecule has 0 fully saturated rings. The van der Waals surface area contributed by atoms with E-state index in [2.05, 4.69) is 35.6 Å². The van der Waals surface area contributed by atoms with E-state index in [1.807, 2.05) is 0 Å². The van der Waals surface area contributed by atoms with Crippen LogP contribution in [-0.4, -0.2) is 65.1 Å². The summed E-state index contributed by atoms with van der Waals surface area (Å²) in [6.07, 6.45) is 10.7. The maximum absolute atomic E-state index is 6.57. The van der Waals surface area contributed by atoms with Gasteiger partial charge >= 0.3 is 0 Å². The summed E-state index contributed by atoms with van der Waals surface area (Å²) in [5, 5.41) is 0. The van der Waals surface area contributed by atoms with Crippen LogP contribution >= 0.6 is 12.2 Å². The molecule has 0 aromatic heterocycles. The molecule has 5 unspecified atom stereocenters. The van der Waals surface area contributed by atoms with Gasteiger partial charge in [-0.05, 0) is 49.4 Å². The molecule has 4 aliphatic rings. The van der Waals surface area contributed by atoms with E-state index in [1.54, 1.807) is 11.8 Å². The fraction of sp³-hybridized carbons (Fsp3) is 0.700. The van der Waals surface area contributed by atoms with Crippen molar-refractivity contribution in [2.75, 3.05) is 19.6 Å². The van der Waals surface area contributed by atoms with E-state index in [0.29, 0.717) is 11.8 Å². The minimum Gasteiger partial charge on any atom is -0.485 e. The van der Waals surface area contributed by atoms with E-state index in [-0.39, 0.29) is 12.3 Å². The lowest BCUT2D eigenvalue weighted by Gasteiger charge is -2.38. The summed E-state index contributed by atoms with van der Waals surface area (Å²) in [5.74, 6) is 3.01. The molecule has 5 atom stereocenters. The molecule has 140 valence electrons. The molecule has 0 aromatic rings. The standard InChI is InChI=1S/C20H29N4OS/c1-14-9-15(2)11-17-4-3-16(10-14)18-19(25-17)20(22-12-21-18)24-7-5-23(13-26)6-8-24/h4-5,12-16,19-20H,3,6-11H2,1-2H3/q+1. The predicted octanol–water partition coefficient (Wildman–Crippen LogP) is 2.90. The molecule has 0 aromatic carbocycles. The van der Waals surface area contributed by atoms with E-state index in [9.17, 15) is 0 Å². The van der Waals surface area contributed by atoms with Gasteiger partial charge in [-0.1, -0.05) is 13.8 Å². The molecule has 2 bridgehead atoms. The monoisotopic (exact) mass is 373 g/mol. The number of nitrogens with zero attached hydrogens (tertiary/aromatic N) is 4. The van der Waals surface area contributed by atoms with Crippen molar-refractivity contribution in [3.05, 3.63) is 11.8 Å². The Bertz CT molecular complexity index is 683. The van der Waals surface area contributed by atoms with Crippen molar-refractivity contribution in [3.63, 3.8) is 0 Å². The van der Waals surface area contributed by atoms with Crippen molar-refractivity contribution in [1.29, 1.82) is 0 Å². The molecule has 0 saturated heterocycles. The van der Waals surface area contributed by atoms with Crippen LogP contribution in [-0.2, 0) is 4.74 Å². The Labute approximate surface area is 161 Å². The molecule has 0 saturated carbocycles. The number of thiocarbonyl (C=S) groups is 1. The summed E-state index contributed by atoms with van der Waals surface area (Å²) >= 11 is 5.05. The Morgan fingerprint density at radius 3 is 2.96 bits per heavy atom. The van der Waals surface area contributed by atoms with Crippen molar-refractivity contribution < 1.29 is 9.31 Å². The maximum Gasteiger partial charge on any atom is 0.234 e. The number of aliphatic imine (C=N–C) groups is 2. The molecule has 5 nitrogen and oxygen atoms in total. The molecule has 4 rings (SSSR count). The number of hydrogen-bond donors (Lipinski definition) is 0. The summed E-state index contributed by atoms with van der Waals surface area (Å²) in [7, 11) is 0. The molecular formula is C20H29N4OS+. The normalized spacial score (nSPS) is 37.8. The molecule has 0 radical (unpaired) electrons. The summed E-state index contributed by atoms with van der Waals surface area (Å²) in [6, 6.07) is 0. The Morgan fingerprint density at radius 2 is 2.19 bits per heavy atom. The van der Waals surface area contributed by atoms with Crippen molar-refractivity contribution in [2.45, 2.75) is 51.8 Å². The molecule has 3 heterocycles. The third-order valence-corrected chi connectivity index (χ3v) is 6.33. The predicted molar refractivity (Wildman–Crippen MR) is 109 cm³/mol.